The van der Waals surface area contributed by atoms with Crippen LogP contribution in [-0.2, 0) is 4.79 Å². The molecule has 0 heterocycles. The lowest BCUT2D eigenvalue weighted by atomic mass is 10.0. The maximum absolute atomic E-state index is 11.8. The largest absolute Gasteiger partial charge is 0.393 e. The second-order valence-corrected chi connectivity index (χ2v) is 4.12. The number of hydrogen-bond donors (Lipinski definition) is 2. The number of carbonyl (C=O) groups is 1. The Labute approximate surface area is 92.4 Å². The predicted molar refractivity (Wildman–Crippen MR) is 61.4 cm³/mol. The molecule has 0 bridgehead atoms. The molecular formula is C11H24N2O2. The highest BCUT2D eigenvalue weighted by Gasteiger charge is 2.19. The molecule has 0 aliphatic heterocycles. The Balaban J connectivity index is 4.04. The van der Waals surface area contributed by atoms with E-state index in [1.807, 2.05) is 6.92 Å². The van der Waals surface area contributed by atoms with E-state index in [4.69, 9.17) is 10.8 Å². The molecule has 0 aromatic carbocycles. The van der Waals surface area contributed by atoms with Gasteiger partial charge in [0, 0.05) is 20.1 Å². The van der Waals surface area contributed by atoms with E-state index >= 15 is 0 Å². The monoisotopic (exact) mass is 216 g/mol. The van der Waals surface area contributed by atoms with Gasteiger partial charge in [0.2, 0.25) is 5.91 Å². The summed E-state index contributed by atoms with van der Waals surface area (Å²) in [6, 6.07) is 0. The van der Waals surface area contributed by atoms with Gasteiger partial charge in [0.05, 0.1) is 12.0 Å². The van der Waals surface area contributed by atoms with E-state index in [1.54, 1.807) is 18.9 Å². The molecule has 4 heteroatoms. The van der Waals surface area contributed by atoms with Gasteiger partial charge in [-0.2, -0.15) is 0 Å². The first kappa shape index (κ1) is 14.4. The van der Waals surface area contributed by atoms with Gasteiger partial charge in [-0.05, 0) is 19.8 Å². The number of hydrogen-bond acceptors (Lipinski definition) is 3. The summed E-state index contributed by atoms with van der Waals surface area (Å²) in [5.74, 6) is 0.0361. The molecule has 0 radical (unpaired) electrons. The van der Waals surface area contributed by atoms with Crippen molar-refractivity contribution in [2.45, 2.75) is 39.2 Å². The third kappa shape index (κ3) is 5.74. The average Bonchev–Trinajstić information content (AvgIpc) is 2.21. The first-order valence-electron chi connectivity index (χ1n) is 5.66. The first-order chi connectivity index (χ1) is 7.02. The molecule has 15 heavy (non-hydrogen) atoms. The van der Waals surface area contributed by atoms with Crippen LogP contribution in [0.1, 0.15) is 33.1 Å². The van der Waals surface area contributed by atoms with E-state index in [2.05, 4.69) is 0 Å². The van der Waals surface area contributed by atoms with Gasteiger partial charge in [-0.1, -0.05) is 13.3 Å². The molecular weight excluding hydrogens is 192 g/mol. The molecule has 0 aliphatic rings. The van der Waals surface area contributed by atoms with E-state index in [-0.39, 0.29) is 17.9 Å². The van der Waals surface area contributed by atoms with Gasteiger partial charge in [0.25, 0.3) is 0 Å². The number of nitrogens with two attached hydrogens (primary N) is 1. The van der Waals surface area contributed by atoms with Gasteiger partial charge in [-0.25, -0.2) is 0 Å². The van der Waals surface area contributed by atoms with E-state index < -0.39 is 0 Å². The SMILES string of the molecule is CCCC(CN)C(=O)N(C)CCC(C)O. The molecule has 0 saturated heterocycles. The summed E-state index contributed by atoms with van der Waals surface area (Å²) < 4.78 is 0. The summed E-state index contributed by atoms with van der Waals surface area (Å²) in [6.45, 7) is 4.78. The fourth-order valence-electron chi connectivity index (χ4n) is 1.49. The van der Waals surface area contributed by atoms with Gasteiger partial charge in [-0.3, -0.25) is 4.79 Å². The minimum Gasteiger partial charge on any atom is -0.393 e. The van der Waals surface area contributed by atoms with Crippen LogP contribution in [0.15, 0.2) is 0 Å². The van der Waals surface area contributed by atoms with Crippen LogP contribution in [0.5, 0.6) is 0 Å². The Morgan fingerprint density at radius 3 is 2.47 bits per heavy atom. The lowest BCUT2D eigenvalue weighted by molar-refractivity contribution is -0.134. The predicted octanol–water partition coefficient (Wildman–Crippen LogP) is 0.591. The Bertz CT molecular complexity index is 183. The van der Waals surface area contributed by atoms with Crippen LogP contribution >= 0.6 is 0 Å². The summed E-state index contributed by atoms with van der Waals surface area (Å²) in [5.41, 5.74) is 5.56. The van der Waals surface area contributed by atoms with Gasteiger partial charge in [0.15, 0.2) is 0 Å². The normalized spacial score (nSPS) is 14.7. The van der Waals surface area contributed by atoms with Crippen molar-refractivity contribution in [2.24, 2.45) is 11.7 Å². The summed E-state index contributed by atoms with van der Waals surface area (Å²) in [4.78, 5) is 13.5. The van der Waals surface area contributed by atoms with Crippen molar-refractivity contribution in [3.63, 3.8) is 0 Å². The number of carbonyl (C=O) groups excluding carboxylic acids is 1. The number of nitrogens with zero attached hydrogens (tertiary/aromatic N) is 1. The van der Waals surface area contributed by atoms with Crippen LogP contribution in [0.2, 0.25) is 0 Å². The van der Waals surface area contributed by atoms with Gasteiger partial charge >= 0.3 is 0 Å². The van der Waals surface area contributed by atoms with Gasteiger partial charge < -0.3 is 15.7 Å². The minimum atomic E-state index is -0.359. The highest BCUT2D eigenvalue weighted by molar-refractivity contribution is 5.78. The third-order valence-electron chi connectivity index (χ3n) is 2.53. The number of aliphatic hydroxyl groups excluding tert-OH is 1. The molecule has 3 N–H and O–H groups in total. The van der Waals surface area contributed by atoms with Crippen LogP contribution in [0.4, 0.5) is 0 Å². The molecule has 2 unspecified atom stereocenters. The van der Waals surface area contributed by atoms with Crippen molar-refractivity contribution in [2.75, 3.05) is 20.1 Å². The fraction of sp³-hybridized carbons (Fsp3) is 0.909. The van der Waals surface area contributed by atoms with Crippen molar-refractivity contribution in [3.8, 4) is 0 Å². The third-order valence-corrected chi connectivity index (χ3v) is 2.53. The molecule has 0 aliphatic carbocycles. The molecule has 0 saturated carbocycles. The van der Waals surface area contributed by atoms with Crippen LogP contribution in [0, 0.1) is 5.92 Å². The van der Waals surface area contributed by atoms with Crippen LogP contribution in [0.3, 0.4) is 0 Å². The molecule has 90 valence electrons. The molecule has 0 aromatic rings. The van der Waals surface area contributed by atoms with E-state index in [9.17, 15) is 4.79 Å². The minimum absolute atomic E-state index is 0.0611. The first-order valence-corrected chi connectivity index (χ1v) is 5.66. The summed E-state index contributed by atoms with van der Waals surface area (Å²) in [7, 11) is 1.77. The molecule has 0 fully saturated rings. The molecule has 0 rings (SSSR count). The quantitative estimate of drug-likeness (QED) is 0.654. The summed E-state index contributed by atoms with van der Waals surface area (Å²) in [5, 5.41) is 9.12. The van der Waals surface area contributed by atoms with Crippen LogP contribution < -0.4 is 5.73 Å². The number of aliphatic hydroxyl groups is 1. The van der Waals surface area contributed by atoms with Crippen molar-refractivity contribution in [3.05, 3.63) is 0 Å². The Hall–Kier alpha value is -0.610. The summed E-state index contributed by atoms with van der Waals surface area (Å²) >= 11 is 0. The highest BCUT2D eigenvalue weighted by Crippen LogP contribution is 2.08. The Kier molecular flexibility index (Phi) is 7.34. The van der Waals surface area contributed by atoms with Crippen molar-refractivity contribution in [1.82, 2.24) is 4.90 Å². The van der Waals surface area contributed by atoms with Crippen molar-refractivity contribution < 1.29 is 9.90 Å². The lowest BCUT2D eigenvalue weighted by Gasteiger charge is -2.23. The van der Waals surface area contributed by atoms with Crippen LogP contribution in [0.25, 0.3) is 0 Å². The van der Waals surface area contributed by atoms with E-state index in [0.717, 1.165) is 12.8 Å². The van der Waals surface area contributed by atoms with Crippen molar-refractivity contribution in [1.29, 1.82) is 0 Å². The molecule has 0 aromatic heterocycles. The topological polar surface area (TPSA) is 66.6 Å². The zero-order valence-corrected chi connectivity index (χ0v) is 10.1. The summed E-state index contributed by atoms with van der Waals surface area (Å²) in [6.07, 6.45) is 2.07. The molecule has 2 atom stereocenters. The maximum Gasteiger partial charge on any atom is 0.226 e. The molecule has 4 nitrogen and oxygen atoms in total. The second-order valence-electron chi connectivity index (χ2n) is 4.12. The molecule has 1 amide bonds. The average molecular weight is 216 g/mol. The maximum atomic E-state index is 11.8. The lowest BCUT2D eigenvalue weighted by Crippen LogP contribution is -2.37. The van der Waals surface area contributed by atoms with Gasteiger partial charge in [0.1, 0.15) is 0 Å². The van der Waals surface area contributed by atoms with Crippen molar-refractivity contribution >= 4 is 5.91 Å². The van der Waals surface area contributed by atoms with E-state index in [1.165, 1.54) is 0 Å². The zero-order valence-electron chi connectivity index (χ0n) is 10.1. The Morgan fingerprint density at radius 2 is 2.07 bits per heavy atom. The number of amides is 1. The second kappa shape index (κ2) is 7.65. The smallest absolute Gasteiger partial charge is 0.226 e. The van der Waals surface area contributed by atoms with E-state index in [0.29, 0.717) is 19.5 Å². The fourth-order valence-corrected chi connectivity index (χ4v) is 1.49. The highest BCUT2D eigenvalue weighted by atomic mass is 16.3. The van der Waals surface area contributed by atoms with Crippen LogP contribution in [-0.4, -0.2) is 42.2 Å². The van der Waals surface area contributed by atoms with Gasteiger partial charge in [-0.15, -0.1) is 0 Å². The zero-order chi connectivity index (χ0) is 11.8. The standard InChI is InChI=1S/C11H24N2O2/c1-4-5-10(8-12)11(15)13(3)7-6-9(2)14/h9-10,14H,4-8,12H2,1-3H3. The number of rotatable bonds is 7. The Morgan fingerprint density at radius 1 is 1.47 bits per heavy atom. The molecule has 0 spiro atoms.